The van der Waals surface area contributed by atoms with Crippen molar-refractivity contribution in [3.8, 4) is 11.7 Å². The molecule has 25 heavy (non-hydrogen) atoms. The molecule has 128 valence electrons. The number of anilines is 1. The number of fused-ring (bicyclic) bond motifs is 1. The number of nitrogens with one attached hydrogen (secondary N) is 1. The summed E-state index contributed by atoms with van der Waals surface area (Å²) in [6.45, 7) is 0.113. The summed E-state index contributed by atoms with van der Waals surface area (Å²) < 4.78 is 10.3. The van der Waals surface area contributed by atoms with E-state index < -0.39 is 0 Å². The van der Waals surface area contributed by atoms with E-state index in [1.165, 1.54) is 6.26 Å². The van der Waals surface area contributed by atoms with Gasteiger partial charge in [-0.15, -0.1) is 0 Å². The van der Waals surface area contributed by atoms with Crippen LogP contribution in [0.1, 0.15) is 40.4 Å². The summed E-state index contributed by atoms with van der Waals surface area (Å²) in [6, 6.07) is 3.44. The first-order valence-electron chi connectivity index (χ1n) is 8.00. The molecule has 0 saturated heterocycles. The minimum absolute atomic E-state index is 0.113. The van der Waals surface area contributed by atoms with Crippen molar-refractivity contribution in [2.45, 2.75) is 32.2 Å². The summed E-state index contributed by atoms with van der Waals surface area (Å²) in [7, 11) is 0. The number of amides is 1. The van der Waals surface area contributed by atoms with Crippen LogP contribution in [0.3, 0.4) is 0 Å². The lowest BCUT2D eigenvalue weighted by Gasteiger charge is -2.17. The maximum Gasteiger partial charge on any atom is 0.293 e. The highest BCUT2D eigenvalue weighted by atomic mass is 16.5. The van der Waals surface area contributed by atoms with Crippen LogP contribution in [-0.4, -0.2) is 26.0 Å². The minimum Gasteiger partial charge on any atom is -0.459 e. The molecule has 9 nitrogen and oxygen atoms in total. The van der Waals surface area contributed by atoms with Crippen LogP contribution in [0.4, 0.5) is 5.95 Å². The molecule has 0 bridgehead atoms. The number of rotatable bonds is 4. The molecule has 3 heterocycles. The maximum atomic E-state index is 12.5. The van der Waals surface area contributed by atoms with Gasteiger partial charge in [0.25, 0.3) is 11.8 Å². The molecule has 3 N–H and O–H groups in total. The number of hydrogen-bond donors (Lipinski definition) is 2. The first-order chi connectivity index (χ1) is 12.2. The molecule has 0 aromatic carbocycles. The molecule has 1 amide bonds. The standard InChI is InChI=1S/C16H16N6O3/c17-16-19-10-5-2-1-4-9(10)13(21-16)14(23)18-8-12-20-15(25-22-12)11-6-3-7-24-11/h3,6-7H,1-2,4-5,8H2,(H,18,23)(H2,17,19,21). The highest BCUT2D eigenvalue weighted by molar-refractivity contribution is 5.94. The Hall–Kier alpha value is -3.23. The number of carbonyl (C=O) groups is 1. The van der Waals surface area contributed by atoms with E-state index in [0.29, 0.717) is 17.3 Å². The van der Waals surface area contributed by atoms with Crippen LogP contribution in [-0.2, 0) is 19.4 Å². The Morgan fingerprint density at radius 2 is 2.12 bits per heavy atom. The summed E-state index contributed by atoms with van der Waals surface area (Å²) in [5, 5.41) is 6.58. The first kappa shape index (κ1) is 15.3. The fourth-order valence-corrected chi connectivity index (χ4v) is 2.87. The zero-order valence-corrected chi connectivity index (χ0v) is 13.4. The van der Waals surface area contributed by atoms with Gasteiger partial charge in [0.1, 0.15) is 5.69 Å². The molecule has 3 aromatic rings. The van der Waals surface area contributed by atoms with Gasteiger partial charge in [-0.3, -0.25) is 4.79 Å². The van der Waals surface area contributed by atoms with Crippen LogP contribution in [0.25, 0.3) is 11.7 Å². The largest absolute Gasteiger partial charge is 0.459 e. The average molecular weight is 340 g/mol. The van der Waals surface area contributed by atoms with Crippen molar-refractivity contribution in [1.29, 1.82) is 0 Å². The molecule has 3 aromatic heterocycles. The zero-order valence-electron chi connectivity index (χ0n) is 13.4. The van der Waals surface area contributed by atoms with Crippen molar-refractivity contribution in [3.63, 3.8) is 0 Å². The van der Waals surface area contributed by atoms with Gasteiger partial charge in [0.2, 0.25) is 5.95 Å². The number of aryl methyl sites for hydroxylation is 1. The van der Waals surface area contributed by atoms with E-state index in [1.54, 1.807) is 12.1 Å². The Bertz CT molecular complexity index is 903. The second kappa shape index (κ2) is 6.34. The summed E-state index contributed by atoms with van der Waals surface area (Å²) in [6.07, 6.45) is 5.17. The van der Waals surface area contributed by atoms with Gasteiger partial charge in [0, 0.05) is 11.3 Å². The number of hydrogen-bond acceptors (Lipinski definition) is 8. The van der Waals surface area contributed by atoms with Crippen molar-refractivity contribution in [3.05, 3.63) is 41.2 Å². The third-order valence-corrected chi connectivity index (χ3v) is 4.02. The van der Waals surface area contributed by atoms with Gasteiger partial charge < -0.3 is 20.0 Å². The minimum atomic E-state index is -0.323. The summed E-state index contributed by atoms with van der Waals surface area (Å²) in [4.78, 5) is 25.1. The molecule has 0 radical (unpaired) electrons. The van der Waals surface area contributed by atoms with E-state index in [0.717, 1.165) is 36.9 Å². The quantitative estimate of drug-likeness (QED) is 0.730. The molecule has 1 aliphatic carbocycles. The predicted molar refractivity (Wildman–Crippen MR) is 86.3 cm³/mol. The first-order valence-corrected chi connectivity index (χ1v) is 8.00. The predicted octanol–water partition coefficient (Wildman–Crippen LogP) is 1.51. The van der Waals surface area contributed by atoms with Gasteiger partial charge in [-0.05, 0) is 37.8 Å². The monoisotopic (exact) mass is 340 g/mol. The van der Waals surface area contributed by atoms with Crippen LogP contribution in [0.2, 0.25) is 0 Å². The third kappa shape index (κ3) is 3.08. The fraction of sp³-hybridized carbons (Fsp3) is 0.312. The average Bonchev–Trinajstić information content (AvgIpc) is 3.30. The van der Waals surface area contributed by atoms with Gasteiger partial charge in [-0.2, -0.15) is 4.98 Å². The Balaban J connectivity index is 1.49. The molecule has 4 rings (SSSR count). The Labute approximate surface area is 142 Å². The zero-order chi connectivity index (χ0) is 17.2. The Morgan fingerprint density at radius 1 is 1.24 bits per heavy atom. The van der Waals surface area contributed by atoms with Crippen LogP contribution in [0, 0.1) is 0 Å². The second-order valence-corrected chi connectivity index (χ2v) is 5.74. The number of aromatic nitrogens is 4. The van der Waals surface area contributed by atoms with Gasteiger partial charge in [0.15, 0.2) is 11.6 Å². The Morgan fingerprint density at radius 3 is 2.96 bits per heavy atom. The van der Waals surface area contributed by atoms with Crippen LogP contribution >= 0.6 is 0 Å². The van der Waals surface area contributed by atoms with E-state index >= 15 is 0 Å². The summed E-state index contributed by atoms with van der Waals surface area (Å²) in [5.41, 5.74) is 7.81. The van der Waals surface area contributed by atoms with E-state index in [-0.39, 0.29) is 24.3 Å². The van der Waals surface area contributed by atoms with E-state index in [4.69, 9.17) is 14.7 Å². The molecule has 0 unspecified atom stereocenters. The number of nitrogens with zero attached hydrogens (tertiary/aromatic N) is 4. The van der Waals surface area contributed by atoms with E-state index in [1.807, 2.05) is 0 Å². The van der Waals surface area contributed by atoms with E-state index in [9.17, 15) is 4.79 Å². The number of nitrogens with two attached hydrogens (primary N) is 1. The fourth-order valence-electron chi connectivity index (χ4n) is 2.87. The van der Waals surface area contributed by atoms with Crippen molar-refractivity contribution in [2.75, 3.05) is 5.73 Å². The van der Waals surface area contributed by atoms with Crippen LogP contribution < -0.4 is 11.1 Å². The van der Waals surface area contributed by atoms with Crippen molar-refractivity contribution in [2.24, 2.45) is 0 Å². The molecule has 0 aliphatic heterocycles. The molecule has 0 spiro atoms. The summed E-state index contributed by atoms with van der Waals surface area (Å²) in [5.74, 6) is 0.873. The van der Waals surface area contributed by atoms with E-state index in [2.05, 4.69) is 25.4 Å². The third-order valence-electron chi connectivity index (χ3n) is 4.02. The molecular weight excluding hydrogens is 324 g/mol. The molecule has 0 atom stereocenters. The van der Waals surface area contributed by atoms with Crippen molar-refractivity contribution >= 4 is 11.9 Å². The molecule has 0 saturated carbocycles. The Kier molecular flexibility index (Phi) is 3.88. The number of carbonyl (C=O) groups excluding carboxylic acids is 1. The van der Waals surface area contributed by atoms with Crippen LogP contribution in [0.5, 0.6) is 0 Å². The topological polar surface area (TPSA) is 133 Å². The van der Waals surface area contributed by atoms with Gasteiger partial charge in [0.05, 0.1) is 12.8 Å². The lowest BCUT2D eigenvalue weighted by Crippen LogP contribution is -2.28. The highest BCUT2D eigenvalue weighted by Gasteiger charge is 2.22. The van der Waals surface area contributed by atoms with Crippen LogP contribution in [0.15, 0.2) is 27.3 Å². The van der Waals surface area contributed by atoms with Gasteiger partial charge in [-0.1, -0.05) is 5.16 Å². The number of furan rings is 1. The normalized spacial score (nSPS) is 13.4. The second-order valence-electron chi connectivity index (χ2n) is 5.74. The molecule has 9 heteroatoms. The molecular formula is C16H16N6O3. The van der Waals surface area contributed by atoms with Gasteiger partial charge >= 0.3 is 0 Å². The lowest BCUT2D eigenvalue weighted by atomic mass is 9.94. The summed E-state index contributed by atoms with van der Waals surface area (Å²) >= 11 is 0. The SMILES string of the molecule is Nc1nc2c(c(C(=O)NCc3noc(-c4ccco4)n3)n1)CCCC2. The maximum absolute atomic E-state index is 12.5. The number of nitrogen functional groups attached to an aromatic ring is 1. The molecule has 0 fully saturated rings. The van der Waals surface area contributed by atoms with Gasteiger partial charge in [-0.25, -0.2) is 9.97 Å². The lowest BCUT2D eigenvalue weighted by molar-refractivity contribution is 0.0943. The molecule has 1 aliphatic rings. The van der Waals surface area contributed by atoms with Crippen molar-refractivity contribution < 1.29 is 13.7 Å². The van der Waals surface area contributed by atoms with Crippen molar-refractivity contribution in [1.82, 2.24) is 25.4 Å². The smallest absolute Gasteiger partial charge is 0.293 e. The highest BCUT2D eigenvalue weighted by Crippen LogP contribution is 2.23.